The van der Waals surface area contributed by atoms with E-state index in [2.05, 4.69) is 10.6 Å². The fourth-order valence-corrected chi connectivity index (χ4v) is 2.26. The Morgan fingerprint density at radius 2 is 1.86 bits per heavy atom. The third-order valence-electron chi connectivity index (χ3n) is 3.52. The summed E-state index contributed by atoms with van der Waals surface area (Å²) < 4.78 is 10.3. The largest absolute Gasteiger partial charge is 0.493 e. The van der Waals surface area contributed by atoms with Gasteiger partial charge in [0.1, 0.15) is 0 Å². The number of rotatable bonds is 5. The second-order valence-corrected chi connectivity index (χ2v) is 4.88. The fraction of sp³-hybridized carbons (Fsp3) is 0.467. The zero-order chi connectivity index (χ0) is 15.9. The number of ether oxygens (including phenoxy) is 2. The molecule has 0 radical (unpaired) electrons. The Morgan fingerprint density at radius 1 is 1.18 bits per heavy atom. The van der Waals surface area contributed by atoms with Gasteiger partial charge in [0.05, 0.1) is 20.8 Å². The highest BCUT2D eigenvalue weighted by atomic mass is 16.5. The van der Waals surface area contributed by atoms with Crippen LogP contribution in [0.3, 0.4) is 0 Å². The van der Waals surface area contributed by atoms with Gasteiger partial charge in [-0.05, 0) is 18.2 Å². The van der Waals surface area contributed by atoms with Gasteiger partial charge in [0.2, 0.25) is 5.91 Å². The van der Waals surface area contributed by atoms with E-state index in [1.165, 1.54) is 14.2 Å². The minimum atomic E-state index is -0.315. The molecule has 1 saturated heterocycles. The molecule has 120 valence electrons. The van der Waals surface area contributed by atoms with Gasteiger partial charge >= 0.3 is 0 Å². The Morgan fingerprint density at radius 3 is 2.50 bits per heavy atom. The lowest BCUT2D eigenvalue weighted by Gasteiger charge is -2.27. The number of carbonyl (C=O) groups excluding carboxylic acids is 2. The molecule has 0 unspecified atom stereocenters. The lowest BCUT2D eigenvalue weighted by atomic mass is 10.2. The normalized spacial score (nSPS) is 14.4. The predicted molar refractivity (Wildman–Crippen MR) is 81.3 cm³/mol. The summed E-state index contributed by atoms with van der Waals surface area (Å²) in [5.74, 6) is 0.638. The van der Waals surface area contributed by atoms with E-state index in [0.29, 0.717) is 30.2 Å². The summed E-state index contributed by atoms with van der Waals surface area (Å²) in [6.07, 6.45) is 0. The molecule has 1 aromatic carbocycles. The molecule has 7 heteroatoms. The van der Waals surface area contributed by atoms with Crippen molar-refractivity contribution in [2.24, 2.45) is 0 Å². The molecule has 0 aromatic heterocycles. The fourth-order valence-electron chi connectivity index (χ4n) is 2.26. The van der Waals surface area contributed by atoms with Crippen molar-refractivity contribution in [1.29, 1.82) is 0 Å². The average molecular weight is 307 g/mol. The molecule has 7 nitrogen and oxygen atoms in total. The second kappa shape index (κ2) is 7.65. The monoisotopic (exact) mass is 307 g/mol. The van der Waals surface area contributed by atoms with Crippen molar-refractivity contribution >= 4 is 11.8 Å². The molecular formula is C15H21N3O4. The quantitative estimate of drug-likeness (QED) is 0.792. The summed E-state index contributed by atoms with van der Waals surface area (Å²) in [6, 6.07) is 4.88. The number of methoxy groups -OCH3 is 2. The summed E-state index contributed by atoms with van der Waals surface area (Å²) in [6.45, 7) is 2.91. The van der Waals surface area contributed by atoms with E-state index >= 15 is 0 Å². The molecule has 22 heavy (non-hydrogen) atoms. The van der Waals surface area contributed by atoms with Gasteiger partial charge in [-0.2, -0.15) is 0 Å². The van der Waals surface area contributed by atoms with E-state index in [9.17, 15) is 9.59 Å². The summed E-state index contributed by atoms with van der Waals surface area (Å²) in [7, 11) is 3.04. The minimum absolute atomic E-state index is 0.00677. The zero-order valence-corrected chi connectivity index (χ0v) is 12.8. The lowest BCUT2D eigenvalue weighted by Crippen LogP contribution is -2.49. The number of hydrogen-bond acceptors (Lipinski definition) is 5. The molecule has 1 aromatic rings. The van der Waals surface area contributed by atoms with Crippen LogP contribution in [0.1, 0.15) is 10.4 Å². The first-order valence-electron chi connectivity index (χ1n) is 7.14. The number of amides is 2. The molecule has 1 heterocycles. The van der Waals surface area contributed by atoms with Gasteiger partial charge in [0, 0.05) is 31.7 Å². The first-order valence-corrected chi connectivity index (χ1v) is 7.14. The molecule has 0 spiro atoms. The highest BCUT2D eigenvalue weighted by Crippen LogP contribution is 2.27. The van der Waals surface area contributed by atoms with Gasteiger partial charge < -0.3 is 25.0 Å². The van der Waals surface area contributed by atoms with Crippen molar-refractivity contribution in [3.05, 3.63) is 23.8 Å². The average Bonchev–Trinajstić information content (AvgIpc) is 2.59. The van der Waals surface area contributed by atoms with E-state index in [1.807, 2.05) is 0 Å². The predicted octanol–water partition coefficient (Wildman–Crippen LogP) is -0.135. The van der Waals surface area contributed by atoms with Gasteiger partial charge in [-0.25, -0.2) is 0 Å². The number of nitrogens with one attached hydrogen (secondary N) is 2. The van der Waals surface area contributed by atoms with Crippen molar-refractivity contribution in [3.63, 3.8) is 0 Å². The van der Waals surface area contributed by atoms with Crippen LogP contribution >= 0.6 is 0 Å². The summed E-state index contributed by atoms with van der Waals surface area (Å²) in [5, 5.41) is 5.81. The smallest absolute Gasteiger partial charge is 0.251 e. The van der Waals surface area contributed by atoms with E-state index in [4.69, 9.17) is 9.47 Å². The van der Waals surface area contributed by atoms with E-state index < -0.39 is 0 Å². The Balaban J connectivity index is 1.93. The number of nitrogens with zero attached hydrogens (tertiary/aromatic N) is 1. The van der Waals surface area contributed by atoms with Crippen LogP contribution in [0, 0.1) is 0 Å². The molecule has 1 fully saturated rings. The number of hydrogen-bond donors (Lipinski definition) is 2. The molecule has 0 bridgehead atoms. The molecular weight excluding hydrogens is 286 g/mol. The Bertz CT molecular complexity index is 542. The zero-order valence-electron chi connectivity index (χ0n) is 12.8. The summed E-state index contributed by atoms with van der Waals surface area (Å²) in [4.78, 5) is 25.8. The highest BCUT2D eigenvalue weighted by Gasteiger charge is 2.17. The van der Waals surface area contributed by atoms with Crippen molar-refractivity contribution in [2.75, 3.05) is 46.9 Å². The van der Waals surface area contributed by atoms with Crippen LogP contribution in [0.25, 0.3) is 0 Å². The maximum atomic E-state index is 12.1. The summed E-state index contributed by atoms with van der Waals surface area (Å²) in [5.41, 5.74) is 0.422. The lowest BCUT2D eigenvalue weighted by molar-refractivity contribution is -0.130. The molecule has 1 aliphatic heterocycles. The Kier molecular flexibility index (Phi) is 5.60. The second-order valence-electron chi connectivity index (χ2n) is 4.88. The van der Waals surface area contributed by atoms with E-state index in [0.717, 1.165) is 13.1 Å². The summed E-state index contributed by atoms with van der Waals surface area (Å²) >= 11 is 0. The number of piperazine rings is 1. The maximum absolute atomic E-state index is 12.1. The van der Waals surface area contributed by atoms with E-state index in [1.54, 1.807) is 23.1 Å². The van der Waals surface area contributed by atoms with Gasteiger partial charge in [-0.15, -0.1) is 0 Å². The van der Waals surface area contributed by atoms with Crippen LogP contribution in [-0.2, 0) is 4.79 Å². The molecule has 1 aliphatic rings. The molecule has 2 N–H and O–H groups in total. The minimum Gasteiger partial charge on any atom is -0.493 e. The van der Waals surface area contributed by atoms with Crippen LogP contribution in [-0.4, -0.2) is 63.7 Å². The SMILES string of the molecule is COc1ccc(C(=O)NCC(=O)N2CCNCC2)cc1OC. The molecule has 2 rings (SSSR count). The third kappa shape index (κ3) is 3.88. The van der Waals surface area contributed by atoms with Crippen LogP contribution < -0.4 is 20.1 Å². The van der Waals surface area contributed by atoms with Gasteiger partial charge in [0.15, 0.2) is 11.5 Å². The number of benzene rings is 1. The van der Waals surface area contributed by atoms with Gasteiger partial charge in [-0.3, -0.25) is 9.59 Å². The molecule has 2 amide bonds. The van der Waals surface area contributed by atoms with Crippen molar-refractivity contribution in [2.45, 2.75) is 0 Å². The van der Waals surface area contributed by atoms with Gasteiger partial charge in [0.25, 0.3) is 5.91 Å². The first-order chi connectivity index (χ1) is 10.7. The molecule has 0 aliphatic carbocycles. The van der Waals surface area contributed by atoms with E-state index in [-0.39, 0.29) is 18.4 Å². The van der Waals surface area contributed by atoms with Crippen molar-refractivity contribution in [1.82, 2.24) is 15.5 Å². The van der Waals surface area contributed by atoms with Crippen LogP contribution in [0.2, 0.25) is 0 Å². The van der Waals surface area contributed by atoms with Crippen LogP contribution in [0.15, 0.2) is 18.2 Å². The third-order valence-corrected chi connectivity index (χ3v) is 3.52. The topological polar surface area (TPSA) is 79.9 Å². The van der Waals surface area contributed by atoms with Crippen molar-refractivity contribution in [3.8, 4) is 11.5 Å². The highest BCUT2D eigenvalue weighted by molar-refractivity contribution is 5.97. The Hall–Kier alpha value is -2.28. The number of carbonyl (C=O) groups is 2. The first kappa shape index (κ1) is 16.1. The molecule has 0 atom stereocenters. The van der Waals surface area contributed by atoms with Crippen LogP contribution in [0.4, 0.5) is 0 Å². The standard InChI is InChI=1S/C15H21N3O4/c1-21-12-4-3-11(9-13(12)22-2)15(20)17-10-14(19)18-7-5-16-6-8-18/h3-4,9,16H,5-8,10H2,1-2H3,(H,17,20). The van der Waals surface area contributed by atoms with Crippen LogP contribution in [0.5, 0.6) is 11.5 Å². The van der Waals surface area contributed by atoms with Gasteiger partial charge in [-0.1, -0.05) is 0 Å². The molecule has 0 saturated carbocycles. The van der Waals surface area contributed by atoms with Crippen molar-refractivity contribution < 1.29 is 19.1 Å². The Labute approximate surface area is 129 Å². The maximum Gasteiger partial charge on any atom is 0.251 e.